The summed E-state index contributed by atoms with van der Waals surface area (Å²) in [5.74, 6) is 1.27. The van der Waals surface area contributed by atoms with Crippen LogP contribution in [0.15, 0.2) is 24.7 Å². The van der Waals surface area contributed by atoms with Gasteiger partial charge >= 0.3 is 0 Å². The summed E-state index contributed by atoms with van der Waals surface area (Å²) in [6, 6.07) is 1.92. The van der Waals surface area contributed by atoms with Crippen LogP contribution in [0.25, 0.3) is 17.5 Å². The average Bonchev–Trinajstić information content (AvgIpc) is 3.14. The van der Waals surface area contributed by atoms with E-state index in [1.165, 1.54) is 25.2 Å². The van der Waals surface area contributed by atoms with Crippen molar-refractivity contribution in [3.63, 3.8) is 0 Å². The minimum Gasteiger partial charge on any atom is -0.355 e. The first-order chi connectivity index (χ1) is 13.0. The highest BCUT2D eigenvalue weighted by Gasteiger charge is 2.40. The zero-order valence-corrected chi connectivity index (χ0v) is 14.8. The highest BCUT2D eigenvalue weighted by Crippen LogP contribution is 2.32. The molecule has 4 rings (SSSR count). The maximum atomic E-state index is 12.4. The second-order valence-corrected chi connectivity index (χ2v) is 7.02. The molecule has 142 valence electrons. The second kappa shape index (κ2) is 7.15. The molecule has 4 heterocycles. The van der Waals surface area contributed by atoms with Gasteiger partial charge < -0.3 is 15.2 Å². The van der Waals surface area contributed by atoms with Crippen LogP contribution in [0.4, 0.5) is 14.6 Å². The molecule has 1 atom stereocenters. The molecule has 27 heavy (non-hydrogen) atoms. The van der Waals surface area contributed by atoms with E-state index in [1.807, 2.05) is 6.07 Å². The van der Waals surface area contributed by atoms with E-state index in [0.29, 0.717) is 17.2 Å². The van der Waals surface area contributed by atoms with Gasteiger partial charge in [-0.05, 0) is 38.0 Å². The zero-order valence-electron chi connectivity index (χ0n) is 14.8. The minimum atomic E-state index is -2.79. The van der Waals surface area contributed by atoms with E-state index in [9.17, 15) is 8.78 Å². The first-order valence-corrected chi connectivity index (χ1v) is 8.97. The molecule has 3 N–H and O–H groups in total. The van der Waals surface area contributed by atoms with Crippen molar-refractivity contribution in [1.29, 1.82) is 5.41 Å². The fourth-order valence-electron chi connectivity index (χ4n) is 3.61. The van der Waals surface area contributed by atoms with Crippen LogP contribution in [0.2, 0.25) is 0 Å². The number of nitrogens with zero attached hydrogens (tertiary/aromatic N) is 4. The molecule has 0 aliphatic carbocycles. The Morgan fingerprint density at radius 3 is 2.89 bits per heavy atom. The van der Waals surface area contributed by atoms with E-state index in [2.05, 4.69) is 30.2 Å². The van der Waals surface area contributed by atoms with Crippen LogP contribution in [-0.2, 0) is 0 Å². The van der Waals surface area contributed by atoms with Gasteiger partial charge in [0.05, 0.1) is 23.3 Å². The Hall–Kier alpha value is -2.68. The van der Waals surface area contributed by atoms with Crippen LogP contribution in [0.1, 0.15) is 25.1 Å². The molecule has 9 heteroatoms. The first-order valence-electron chi connectivity index (χ1n) is 8.97. The molecule has 2 aliphatic rings. The normalized spacial score (nSPS) is 22.6. The van der Waals surface area contributed by atoms with E-state index < -0.39 is 12.1 Å². The molecule has 7 nitrogen and oxygen atoms in total. The number of alkyl halides is 2. The van der Waals surface area contributed by atoms with E-state index in [-0.39, 0.29) is 5.54 Å². The monoisotopic (exact) mass is 373 g/mol. The molecule has 0 amide bonds. The van der Waals surface area contributed by atoms with Crippen LogP contribution in [-0.4, -0.2) is 57.2 Å². The predicted molar refractivity (Wildman–Crippen MR) is 99.2 cm³/mol. The fraction of sp³-hybridized carbons (Fsp3) is 0.444. The number of allylic oxidation sites excluding steroid dienone is 1. The maximum Gasteiger partial charge on any atom is 0.279 e. The molecule has 0 radical (unpaired) electrons. The highest BCUT2D eigenvalue weighted by atomic mass is 19.3. The van der Waals surface area contributed by atoms with Gasteiger partial charge in [-0.1, -0.05) is 0 Å². The van der Waals surface area contributed by atoms with Crippen LogP contribution in [0, 0.1) is 5.41 Å². The molecular formula is C18H21F2N7. The van der Waals surface area contributed by atoms with Crippen molar-refractivity contribution in [1.82, 2.24) is 25.3 Å². The van der Waals surface area contributed by atoms with Crippen molar-refractivity contribution in [2.24, 2.45) is 0 Å². The lowest BCUT2D eigenvalue weighted by Gasteiger charge is -2.50. The Morgan fingerprint density at radius 1 is 1.30 bits per heavy atom. The van der Waals surface area contributed by atoms with Gasteiger partial charge in [-0.3, -0.25) is 5.41 Å². The lowest BCUT2D eigenvalue weighted by atomic mass is 9.80. The van der Waals surface area contributed by atoms with Crippen molar-refractivity contribution in [3.05, 3.63) is 30.5 Å². The smallest absolute Gasteiger partial charge is 0.279 e. The fourth-order valence-corrected chi connectivity index (χ4v) is 3.61. The molecule has 2 aromatic rings. The number of hydrogen-bond donors (Lipinski definition) is 3. The number of nitrogens with one attached hydrogen (secondary N) is 3. The van der Waals surface area contributed by atoms with Crippen LogP contribution in [0.5, 0.6) is 0 Å². The summed E-state index contributed by atoms with van der Waals surface area (Å²) in [5, 5.41) is 10.7. The molecule has 0 aromatic carbocycles. The third-order valence-corrected chi connectivity index (χ3v) is 5.18. The van der Waals surface area contributed by atoms with Gasteiger partial charge in [0.25, 0.3) is 6.43 Å². The number of piperidine rings is 1. The van der Waals surface area contributed by atoms with E-state index in [1.54, 1.807) is 6.20 Å². The SMILES string of the molecule is N=C(/C=C\c1ncc(-c2cc(N3CCCC4(CCN4)C3)ncn2)[nH]1)C(F)F. The molecule has 2 saturated heterocycles. The third-order valence-electron chi connectivity index (χ3n) is 5.18. The number of hydrogen-bond acceptors (Lipinski definition) is 6. The number of aromatic nitrogens is 4. The molecule has 2 fully saturated rings. The Balaban J connectivity index is 1.50. The molecule has 0 saturated carbocycles. The minimum absolute atomic E-state index is 0.227. The zero-order chi connectivity index (χ0) is 18.9. The van der Waals surface area contributed by atoms with E-state index in [4.69, 9.17) is 5.41 Å². The Bertz CT molecular complexity index is 857. The van der Waals surface area contributed by atoms with Gasteiger partial charge in [-0.15, -0.1) is 0 Å². The summed E-state index contributed by atoms with van der Waals surface area (Å²) in [6.45, 7) is 2.99. The number of aromatic amines is 1. The van der Waals surface area contributed by atoms with Crippen LogP contribution >= 0.6 is 0 Å². The topological polar surface area (TPSA) is 93.6 Å². The molecule has 0 bridgehead atoms. The summed E-state index contributed by atoms with van der Waals surface area (Å²) in [6.07, 6.45) is 6.26. The Morgan fingerprint density at radius 2 is 2.15 bits per heavy atom. The number of halogens is 2. The predicted octanol–water partition coefficient (Wildman–Crippen LogP) is 2.50. The van der Waals surface area contributed by atoms with Gasteiger partial charge in [0.1, 0.15) is 18.0 Å². The van der Waals surface area contributed by atoms with Crippen molar-refractivity contribution < 1.29 is 8.78 Å². The summed E-state index contributed by atoms with van der Waals surface area (Å²) >= 11 is 0. The molecule has 2 aliphatic heterocycles. The molecule has 1 unspecified atom stereocenters. The number of imidazole rings is 1. The van der Waals surface area contributed by atoms with Crippen molar-refractivity contribution in [2.75, 3.05) is 24.5 Å². The molecule has 2 aromatic heterocycles. The van der Waals surface area contributed by atoms with E-state index >= 15 is 0 Å². The van der Waals surface area contributed by atoms with Gasteiger partial charge in [0, 0.05) is 24.7 Å². The summed E-state index contributed by atoms with van der Waals surface area (Å²) in [4.78, 5) is 18.2. The summed E-state index contributed by atoms with van der Waals surface area (Å²) < 4.78 is 24.7. The summed E-state index contributed by atoms with van der Waals surface area (Å²) in [7, 11) is 0. The van der Waals surface area contributed by atoms with Crippen molar-refractivity contribution >= 4 is 17.6 Å². The second-order valence-electron chi connectivity index (χ2n) is 7.02. The van der Waals surface area contributed by atoms with Crippen LogP contribution < -0.4 is 10.2 Å². The lowest BCUT2D eigenvalue weighted by Crippen LogP contribution is -2.65. The third kappa shape index (κ3) is 3.73. The quantitative estimate of drug-likeness (QED) is 0.700. The highest BCUT2D eigenvalue weighted by molar-refractivity contribution is 5.97. The first kappa shape index (κ1) is 17.7. The van der Waals surface area contributed by atoms with Gasteiger partial charge in [0.2, 0.25) is 0 Å². The van der Waals surface area contributed by atoms with Gasteiger partial charge in [0.15, 0.2) is 0 Å². The van der Waals surface area contributed by atoms with Crippen LogP contribution in [0.3, 0.4) is 0 Å². The lowest BCUT2D eigenvalue weighted by molar-refractivity contribution is 0.174. The number of H-pyrrole nitrogens is 1. The summed E-state index contributed by atoms with van der Waals surface area (Å²) in [5.41, 5.74) is 0.846. The Labute approximate surface area is 155 Å². The largest absolute Gasteiger partial charge is 0.355 e. The van der Waals surface area contributed by atoms with Crippen molar-refractivity contribution in [2.45, 2.75) is 31.2 Å². The Kier molecular flexibility index (Phi) is 4.69. The van der Waals surface area contributed by atoms with Crippen molar-refractivity contribution in [3.8, 4) is 11.4 Å². The maximum absolute atomic E-state index is 12.4. The standard InChI is InChI=1S/C18H21F2N7/c19-17(20)12(21)2-3-15-22-9-14(26-15)13-8-16(24-11-23-13)27-7-1-4-18(10-27)5-6-25-18/h2-3,8-9,11,17,21,25H,1,4-7,10H2,(H,22,26)/b3-2-,21-12?. The molecular weight excluding hydrogens is 352 g/mol. The number of rotatable bonds is 5. The average molecular weight is 373 g/mol. The van der Waals surface area contributed by atoms with E-state index in [0.717, 1.165) is 37.9 Å². The molecule has 1 spiro atoms. The van der Waals surface area contributed by atoms with Gasteiger partial charge in [-0.25, -0.2) is 23.7 Å². The number of anilines is 1. The van der Waals surface area contributed by atoms with Gasteiger partial charge in [-0.2, -0.15) is 0 Å².